The van der Waals surface area contributed by atoms with Crippen molar-refractivity contribution in [3.63, 3.8) is 0 Å². The molecule has 1 unspecified atom stereocenters. The molecule has 1 heterocycles. The summed E-state index contributed by atoms with van der Waals surface area (Å²) in [6.07, 6.45) is 0.903. The molecule has 0 aliphatic carbocycles. The smallest absolute Gasteiger partial charge is 0.239 e. The van der Waals surface area contributed by atoms with Crippen LogP contribution < -0.4 is 0 Å². The molecule has 25 heavy (non-hydrogen) atoms. The Hall–Kier alpha value is -1.96. The number of rotatable bonds is 4. The Morgan fingerprint density at radius 2 is 1.72 bits per heavy atom. The molecule has 1 atom stereocenters. The monoisotopic (exact) mass is 420 g/mol. The molecule has 5 nitrogen and oxygen atoms in total. The molecule has 7 heteroatoms. The van der Waals surface area contributed by atoms with Gasteiger partial charge in [0, 0.05) is 16.9 Å². The quantitative estimate of drug-likeness (QED) is 0.762. The van der Waals surface area contributed by atoms with Gasteiger partial charge in [0.05, 0.1) is 6.54 Å². The molecular weight excluding hydrogens is 404 g/mol. The fourth-order valence-electron chi connectivity index (χ4n) is 2.72. The molecule has 1 fully saturated rings. The summed E-state index contributed by atoms with van der Waals surface area (Å²) in [6, 6.07) is 16.5. The lowest BCUT2D eigenvalue weighted by Gasteiger charge is -2.26. The Bertz CT molecular complexity index is 896. The molecule has 2 aromatic rings. The van der Waals surface area contributed by atoms with Gasteiger partial charge in [0.15, 0.2) is 0 Å². The minimum atomic E-state index is -3.75. The van der Waals surface area contributed by atoms with Gasteiger partial charge in [0.25, 0.3) is 0 Å². The molecule has 0 saturated carbocycles. The minimum Gasteiger partial charge on any atom is -0.324 e. The topological polar surface area (TPSA) is 57.7 Å². The summed E-state index contributed by atoms with van der Waals surface area (Å²) in [5, 5.41) is 1.15. The number of nitrogens with zero attached hydrogens (tertiary/aromatic N) is 2. The van der Waals surface area contributed by atoms with E-state index < -0.39 is 16.2 Å². The Kier molecular flexibility index (Phi) is 5.08. The van der Waals surface area contributed by atoms with Crippen LogP contribution in [0, 0.1) is 0 Å². The number of hydrogen-bond acceptors (Lipinski definition) is 3. The van der Waals surface area contributed by atoms with Crippen molar-refractivity contribution in [2.75, 3.05) is 13.6 Å². The van der Waals surface area contributed by atoms with E-state index in [-0.39, 0.29) is 12.5 Å². The maximum Gasteiger partial charge on any atom is 0.239 e. The Morgan fingerprint density at radius 3 is 2.36 bits per heavy atom. The van der Waals surface area contributed by atoms with E-state index in [4.69, 9.17) is 0 Å². The number of halogens is 1. The molecule has 0 bridgehead atoms. The summed E-state index contributed by atoms with van der Waals surface area (Å²) in [7, 11) is -2.13. The summed E-state index contributed by atoms with van der Waals surface area (Å²) < 4.78 is 27.7. The van der Waals surface area contributed by atoms with Crippen molar-refractivity contribution in [3.8, 4) is 0 Å². The lowest BCUT2D eigenvalue weighted by atomic mass is 10.2. The zero-order chi connectivity index (χ0) is 18.0. The highest BCUT2D eigenvalue weighted by molar-refractivity contribution is 9.10. The molecule has 3 rings (SSSR count). The second-order valence-electron chi connectivity index (χ2n) is 5.73. The third-order valence-electron chi connectivity index (χ3n) is 4.05. The second kappa shape index (κ2) is 7.11. The molecular formula is C18H17BrN2O3S. The van der Waals surface area contributed by atoms with Crippen LogP contribution in [-0.4, -0.2) is 37.1 Å². The van der Waals surface area contributed by atoms with E-state index in [1.807, 2.05) is 54.6 Å². The van der Waals surface area contributed by atoms with Crippen LogP contribution in [0.15, 0.2) is 64.5 Å². The van der Waals surface area contributed by atoms with Gasteiger partial charge in [-0.1, -0.05) is 58.4 Å². The largest absolute Gasteiger partial charge is 0.324 e. The van der Waals surface area contributed by atoms with E-state index >= 15 is 0 Å². The van der Waals surface area contributed by atoms with Crippen LogP contribution in [0.2, 0.25) is 0 Å². The predicted octanol–water partition coefficient (Wildman–Crippen LogP) is 3.22. The number of amides is 1. The molecule has 1 saturated heterocycles. The highest BCUT2D eigenvalue weighted by Crippen LogP contribution is 2.32. The van der Waals surface area contributed by atoms with E-state index in [0.717, 1.165) is 21.0 Å². The Morgan fingerprint density at radius 1 is 1.08 bits per heavy atom. The molecule has 1 aliphatic heterocycles. The van der Waals surface area contributed by atoms with Gasteiger partial charge < -0.3 is 4.90 Å². The predicted molar refractivity (Wildman–Crippen MR) is 101 cm³/mol. The van der Waals surface area contributed by atoms with Gasteiger partial charge in [-0.25, -0.2) is 8.42 Å². The zero-order valence-electron chi connectivity index (χ0n) is 13.5. The lowest BCUT2D eigenvalue weighted by Crippen LogP contribution is -2.32. The van der Waals surface area contributed by atoms with Gasteiger partial charge in [-0.3, -0.25) is 4.79 Å². The summed E-state index contributed by atoms with van der Waals surface area (Å²) in [4.78, 5) is 13.6. The standard InChI is InChI=1S/C18H17BrN2O3S/c1-20-17(22)13-21(18(20)15-5-3-2-4-6-15)25(23,24)12-11-14-7-9-16(19)10-8-14/h2-12,18H,13H2,1H3/b12-11+. The number of sulfonamides is 1. The summed E-state index contributed by atoms with van der Waals surface area (Å²) in [5.74, 6) is -0.227. The minimum absolute atomic E-state index is 0.164. The van der Waals surface area contributed by atoms with Crippen LogP contribution in [0.4, 0.5) is 0 Å². The van der Waals surface area contributed by atoms with Crippen molar-refractivity contribution >= 4 is 37.9 Å². The second-order valence-corrected chi connectivity index (χ2v) is 8.42. The number of carbonyl (C=O) groups is 1. The highest BCUT2D eigenvalue weighted by Gasteiger charge is 2.42. The third kappa shape index (κ3) is 3.84. The molecule has 0 spiro atoms. The van der Waals surface area contributed by atoms with Crippen molar-refractivity contribution in [3.05, 3.63) is 75.6 Å². The maximum absolute atomic E-state index is 12.8. The SMILES string of the molecule is CN1C(=O)CN(S(=O)(=O)/C=C/c2ccc(Br)cc2)C1c1ccccc1. The van der Waals surface area contributed by atoms with Crippen molar-refractivity contribution in [2.45, 2.75) is 6.17 Å². The van der Waals surface area contributed by atoms with Crippen LogP contribution in [-0.2, 0) is 14.8 Å². The first-order valence-electron chi connectivity index (χ1n) is 7.64. The van der Waals surface area contributed by atoms with E-state index in [0.29, 0.717) is 0 Å². The molecule has 1 amide bonds. The molecule has 0 radical (unpaired) electrons. The van der Waals surface area contributed by atoms with Crippen LogP contribution >= 0.6 is 15.9 Å². The molecule has 0 aromatic heterocycles. The van der Waals surface area contributed by atoms with Crippen molar-refractivity contribution in [1.82, 2.24) is 9.21 Å². The van der Waals surface area contributed by atoms with Crippen LogP contribution in [0.5, 0.6) is 0 Å². The van der Waals surface area contributed by atoms with Gasteiger partial charge in [-0.15, -0.1) is 0 Å². The molecule has 1 aliphatic rings. The number of hydrogen-bond donors (Lipinski definition) is 0. The number of likely N-dealkylation sites (N-methyl/N-ethyl adjacent to an activating group) is 1. The molecule has 130 valence electrons. The lowest BCUT2D eigenvalue weighted by molar-refractivity contribution is -0.126. The van der Waals surface area contributed by atoms with Gasteiger partial charge >= 0.3 is 0 Å². The molecule has 0 N–H and O–H groups in total. The molecule has 2 aromatic carbocycles. The average Bonchev–Trinajstić information content (AvgIpc) is 2.91. The number of carbonyl (C=O) groups excluding carboxylic acids is 1. The van der Waals surface area contributed by atoms with Crippen molar-refractivity contribution in [2.24, 2.45) is 0 Å². The van der Waals surface area contributed by atoms with Crippen LogP contribution in [0.25, 0.3) is 6.08 Å². The first-order valence-corrected chi connectivity index (χ1v) is 9.94. The first-order chi connectivity index (χ1) is 11.9. The third-order valence-corrected chi connectivity index (χ3v) is 6.04. The number of benzene rings is 2. The van der Waals surface area contributed by atoms with E-state index in [1.54, 1.807) is 7.05 Å². The van der Waals surface area contributed by atoms with Gasteiger partial charge in [0.2, 0.25) is 15.9 Å². The zero-order valence-corrected chi connectivity index (χ0v) is 15.9. The Balaban J connectivity index is 1.92. The van der Waals surface area contributed by atoms with E-state index in [2.05, 4.69) is 15.9 Å². The average molecular weight is 421 g/mol. The first kappa shape index (κ1) is 17.8. The summed E-state index contributed by atoms with van der Waals surface area (Å²) >= 11 is 3.34. The van der Waals surface area contributed by atoms with E-state index in [9.17, 15) is 13.2 Å². The van der Waals surface area contributed by atoms with Crippen LogP contribution in [0.1, 0.15) is 17.3 Å². The van der Waals surface area contributed by atoms with Crippen molar-refractivity contribution in [1.29, 1.82) is 0 Å². The fourth-order valence-corrected chi connectivity index (χ4v) is 4.30. The summed E-state index contributed by atoms with van der Waals surface area (Å²) in [6.45, 7) is -0.164. The van der Waals surface area contributed by atoms with Crippen molar-refractivity contribution < 1.29 is 13.2 Å². The normalized spacial score (nSPS) is 19.0. The highest BCUT2D eigenvalue weighted by atomic mass is 79.9. The summed E-state index contributed by atoms with van der Waals surface area (Å²) in [5.41, 5.74) is 1.53. The Labute approximate surface area is 155 Å². The van der Waals surface area contributed by atoms with Gasteiger partial charge in [-0.05, 0) is 29.3 Å². The van der Waals surface area contributed by atoms with Gasteiger partial charge in [0.1, 0.15) is 6.17 Å². The van der Waals surface area contributed by atoms with Crippen LogP contribution in [0.3, 0.4) is 0 Å². The maximum atomic E-state index is 12.8. The van der Waals surface area contributed by atoms with Gasteiger partial charge in [-0.2, -0.15) is 4.31 Å². The fraction of sp³-hybridized carbons (Fsp3) is 0.167. The van der Waals surface area contributed by atoms with E-state index in [1.165, 1.54) is 15.3 Å².